The highest BCUT2D eigenvalue weighted by Crippen LogP contribution is 2.34. The zero-order valence-corrected chi connectivity index (χ0v) is 20.0. The minimum Gasteiger partial charge on any atom is -0.475 e. The van der Waals surface area contributed by atoms with E-state index in [1.54, 1.807) is 11.3 Å². The summed E-state index contributed by atoms with van der Waals surface area (Å²) in [5.74, 6) is -5.51. The highest BCUT2D eigenvalue weighted by molar-refractivity contribution is 7.09. The number of aromatic nitrogens is 1. The first-order valence-electron chi connectivity index (χ1n) is 10.6. The van der Waals surface area contributed by atoms with Crippen LogP contribution in [0, 0.1) is 5.41 Å². The lowest BCUT2D eigenvalue weighted by Crippen LogP contribution is -2.51. The van der Waals surface area contributed by atoms with Gasteiger partial charge in [0.1, 0.15) is 5.01 Å². The molecular weight excluding hydrogens is 508 g/mol. The Hall–Kier alpha value is -1.97. The normalized spacial score (nSPS) is 22.0. The van der Waals surface area contributed by atoms with E-state index in [9.17, 15) is 26.3 Å². The molecule has 2 fully saturated rings. The third-order valence-corrected chi connectivity index (χ3v) is 6.03. The predicted octanol–water partition coefficient (Wildman–Crippen LogP) is 3.73. The molecule has 1 spiro atoms. The molecule has 2 saturated heterocycles. The van der Waals surface area contributed by atoms with Crippen LogP contribution >= 0.6 is 11.3 Å². The number of thiazole rings is 1. The van der Waals surface area contributed by atoms with E-state index in [2.05, 4.69) is 34.0 Å². The van der Waals surface area contributed by atoms with Gasteiger partial charge in [0.05, 0.1) is 19.8 Å². The maximum absolute atomic E-state index is 10.6. The Bertz CT molecular complexity index is 767. The first-order valence-corrected chi connectivity index (χ1v) is 11.5. The second-order valence-electron chi connectivity index (χ2n) is 8.46. The van der Waals surface area contributed by atoms with Crippen molar-refractivity contribution in [3.05, 3.63) is 16.6 Å². The predicted molar refractivity (Wildman–Crippen MR) is 114 cm³/mol. The number of rotatable bonds is 3. The highest BCUT2D eigenvalue weighted by Gasteiger charge is 2.40. The molecule has 0 radical (unpaired) electrons. The minimum atomic E-state index is -5.08. The summed E-state index contributed by atoms with van der Waals surface area (Å²) in [5, 5.41) is 17.6. The smallest absolute Gasteiger partial charge is 0.475 e. The number of ether oxygens (including phenoxy) is 1. The largest absolute Gasteiger partial charge is 0.490 e. The lowest BCUT2D eigenvalue weighted by atomic mass is 9.80. The summed E-state index contributed by atoms with van der Waals surface area (Å²) in [4.78, 5) is 27.4. The van der Waals surface area contributed by atoms with E-state index >= 15 is 0 Å². The molecule has 0 saturated carbocycles. The minimum absolute atomic E-state index is 0.316. The number of alkyl halides is 6. The molecule has 0 bridgehead atoms. The quantitative estimate of drug-likeness (QED) is 0.563. The maximum atomic E-state index is 10.6. The molecule has 35 heavy (non-hydrogen) atoms. The fourth-order valence-corrected chi connectivity index (χ4v) is 4.34. The lowest BCUT2D eigenvalue weighted by molar-refractivity contribution is -0.193. The number of carbonyl (C=O) groups is 2. The average Bonchev–Trinajstić information content (AvgIpc) is 3.14. The SMILES string of the molecule is CC(C)N1CCOCC2(CCCN(Cc3nccs3)C2)C1.O=C(O)C(F)(F)F.O=C(O)C(F)(F)F. The van der Waals surface area contributed by atoms with Gasteiger partial charge < -0.3 is 14.9 Å². The molecule has 1 unspecified atom stereocenters. The molecule has 1 aromatic rings. The number of hydrogen-bond acceptors (Lipinski definition) is 7. The van der Waals surface area contributed by atoms with Crippen molar-refractivity contribution >= 4 is 23.3 Å². The van der Waals surface area contributed by atoms with Crippen molar-refractivity contribution in [1.29, 1.82) is 0 Å². The second kappa shape index (κ2) is 13.4. The standard InChI is InChI=1S/C16H27N3OS.2C2HF3O2/c1-14(2)19-7-8-20-13-16(12-19)4-3-6-18(11-16)10-15-17-5-9-21-15;2*3-2(4,5)1(6)7/h5,9,14H,3-4,6-8,10-13H2,1-2H3;2*(H,6,7). The number of aliphatic carboxylic acids is 2. The number of nitrogens with zero attached hydrogens (tertiary/aromatic N) is 3. The Morgan fingerprint density at radius 3 is 2.14 bits per heavy atom. The van der Waals surface area contributed by atoms with Crippen LogP contribution in [0.15, 0.2) is 11.6 Å². The molecule has 2 N–H and O–H groups in total. The van der Waals surface area contributed by atoms with Gasteiger partial charge in [0.2, 0.25) is 0 Å². The van der Waals surface area contributed by atoms with Gasteiger partial charge in [-0.1, -0.05) is 0 Å². The monoisotopic (exact) mass is 537 g/mol. The van der Waals surface area contributed by atoms with Crippen LogP contribution in [0.1, 0.15) is 31.7 Å². The van der Waals surface area contributed by atoms with Crippen LogP contribution in [0.4, 0.5) is 26.3 Å². The molecule has 1 aromatic heterocycles. The summed E-state index contributed by atoms with van der Waals surface area (Å²) in [5.41, 5.74) is 0.316. The van der Waals surface area contributed by atoms with Crippen LogP contribution in [0.5, 0.6) is 0 Å². The lowest BCUT2D eigenvalue weighted by Gasteiger charge is -2.44. The summed E-state index contributed by atoms with van der Waals surface area (Å²) >= 11 is 1.77. The Balaban J connectivity index is 0.000000362. The highest BCUT2D eigenvalue weighted by atomic mass is 32.1. The van der Waals surface area contributed by atoms with Crippen LogP contribution in [0.2, 0.25) is 0 Å². The van der Waals surface area contributed by atoms with Gasteiger partial charge in [0.25, 0.3) is 0 Å². The summed E-state index contributed by atoms with van der Waals surface area (Å²) < 4.78 is 69.4. The molecular formula is C20H29F6N3O5S. The second-order valence-corrected chi connectivity index (χ2v) is 9.44. The number of piperidine rings is 1. The van der Waals surface area contributed by atoms with Gasteiger partial charge >= 0.3 is 24.3 Å². The molecule has 0 amide bonds. The number of carboxylic acid groups (broad SMARTS) is 2. The number of halogens is 6. The van der Waals surface area contributed by atoms with Crippen molar-refractivity contribution in [3.8, 4) is 0 Å². The topological polar surface area (TPSA) is 103 Å². The molecule has 3 heterocycles. The molecule has 2 aliphatic rings. The van der Waals surface area contributed by atoms with Gasteiger partial charge in [0.15, 0.2) is 0 Å². The van der Waals surface area contributed by atoms with Crippen LogP contribution < -0.4 is 0 Å². The fraction of sp³-hybridized carbons (Fsp3) is 0.750. The molecule has 2 aliphatic heterocycles. The van der Waals surface area contributed by atoms with Crippen molar-refractivity contribution in [1.82, 2.24) is 14.8 Å². The molecule has 0 aliphatic carbocycles. The first kappa shape index (κ1) is 31.1. The van der Waals surface area contributed by atoms with E-state index in [1.807, 2.05) is 6.20 Å². The van der Waals surface area contributed by atoms with Gasteiger partial charge in [-0.15, -0.1) is 11.3 Å². The molecule has 8 nitrogen and oxygen atoms in total. The van der Waals surface area contributed by atoms with Crippen LogP contribution in [0.25, 0.3) is 0 Å². The summed E-state index contributed by atoms with van der Waals surface area (Å²) in [6.07, 6.45) is -5.68. The third-order valence-electron chi connectivity index (χ3n) is 5.27. The average molecular weight is 538 g/mol. The van der Waals surface area contributed by atoms with E-state index in [0.717, 1.165) is 32.8 Å². The van der Waals surface area contributed by atoms with Gasteiger partial charge in [-0.2, -0.15) is 26.3 Å². The van der Waals surface area contributed by atoms with E-state index in [1.165, 1.54) is 30.9 Å². The number of carboxylic acids is 2. The zero-order valence-electron chi connectivity index (χ0n) is 19.2. The number of likely N-dealkylation sites (tertiary alicyclic amines) is 1. The summed E-state index contributed by atoms with van der Waals surface area (Å²) in [7, 11) is 0. The van der Waals surface area contributed by atoms with E-state index in [-0.39, 0.29) is 0 Å². The Labute approximate surface area is 202 Å². The van der Waals surface area contributed by atoms with E-state index in [4.69, 9.17) is 24.5 Å². The number of hydrogen-bond donors (Lipinski definition) is 2. The van der Waals surface area contributed by atoms with Crippen molar-refractivity contribution in [2.45, 2.75) is 51.6 Å². The van der Waals surface area contributed by atoms with Crippen molar-refractivity contribution < 1.29 is 50.9 Å². The molecule has 1 atom stereocenters. The fourth-order valence-electron chi connectivity index (χ4n) is 3.68. The zero-order chi connectivity index (χ0) is 26.9. The van der Waals surface area contributed by atoms with Crippen LogP contribution in [0.3, 0.4) is 0 Å². The van der Waals surface area contributed by atoms with Crippen molar-refractivity contribution in [2.24, 2.45) is 5.41 Å². The summed E-state index contributed by atoms with van der Waals surface area (Å²) in [6, 6.07) is 0.609. The molecule has 0 aromatic carbocycles. The van der Waals surface area contributed by atoms with Crippen LogP contribution in [-0.2, 0) is 20.9 Å². The molecule has 3 rings (SSSR count). The Kier molecular flexibility index (Phi) is 11.9. The van der Waals surface area contributed by atoms with Crippen molar-refractivity contribution in [3.63, 3.8) is 0 Å². The van der Waals surface area contributed by atoms with Gasteiger partial charge in [-0.25, -0.2) is 14.6 Å². The third kappa shape index (κ3) is 11.5. The maximum Gasteiger partial charge on any atom is 0.490 e. The van der Waals surface area contributed by atoms with Gasteiger partial charge in [-0.05, 0) is 33.2 Å². The summed E-state index contributed by atoms with van der Waals surface area (Å²) in [6.45, 7) is 12.0. The Morgan fingerprint density at radius 1 is 1.11 bits per heavy atom. The van der Waals surface area contributed by atoms with Crippen LogP contribution in [-0.4, -0.2) is 94.7 Å². The van der Waals surface area contributed by atoms with E-state index < -0.39 is 24.3 Å². The molecule has 15 heteroatoms. The van der Waals surface area contributed by atoms with Crippen molar-refractivity contribution in [2.75, 3.05) is 39.4 Å². The van der Waals surface area contributed by atoms with Gasteiger partial charge in [-0.3, -0.25) is 9.80 Å². The van der Waals surface area contributed by atoms with Gasteiger partial charge in [0, 0.05) is 42.7 Å². The van der Waals surface area contributed by atoms with E-state index in [0.29, 0.717) is 11.5 Å². The first-order chi connectivity index (χ1) is 16.1. The Morgan fingerprint density at radius 2 is 1.69 bits per heavy atom. The molecule has 202 valence electrons.